The second kappa shape index (κ2) is 11.0. The number of hydrogen-bond acceptors (Lipinski definition) is 7. The molecule has 2 fully saturated rings. The Morgan fingerprint density at radius 1 is 0.971 bits per heavy atom. The number of hydrogen-bond donors (Lipinski definition) is 0. The Morgan fingerprint density at radius 3 is 2.63 bits per heavy atom. The first-order chi connectivity index (χ1) is 17.2. The van der Waals surface area contributed by atoms with Gasteiger partial charge in [0.25, 0.3) is 11.5 Å². The highest BCUT2D eigenvalue weighted by atomic mass is 16.5. The summed E-state index contributed by atoms with van der Waals surface area (Å²) >= 11 is 0. The van der Waals surface area contributed by atoms with Gasteiger partial charge in [-0.25, -0.2) is 4.98 Å². The second-order valence-electron chi connectivity index (χ2n) is 8.92. The third kappa shape index (κ3) is 5.70. The summed E-state index contributed by atoms with van der Waals surface area (Å²) in [4.78, 5) is 36.4. The van der Waals surface area contributed by atoms with Gasteiger partial charge in [-0.3, -0.25) is 23.8 Å². The molecule has 1 amide bonds. The Morgan fingerprint density at radius 2 is 1.80 bits per heavy atom. The largest absolute Gasteiger partial charge is 0.492 e. The standard InChI is InChI=1S/C26H31N5O4/c32-25(23-19-27-24-6-1-2-7-31(24)26(23)33)30-10-8-28(9-11-30)14-17-35-22-5-3-4-21(18-22)20-29-12-15-34-16-13-29/h1-7,18-19H,8-17,20H2. The number of benzene rings is 1. The van der Waals surface area contributed by atoms with Gasteiger partial charge in [-0.2, -0.15) is 0 Å². The molecule has 2 saturated heterocycles. The summed E-state index contributed by atoms with van der Waals surface area (Å²) < 4.78 is 12.9. The molecule has 0 bridgehead atoms. The van der Waals surface area contributed by atoms with E-state index in [2.05, 4.69) is 26.9 Å². The monoisotopic (exact) mass is 477 g/mol. The summed E-state index contributed by atoms with van der Waals surface area (Å²) in [6.07, 6.45) is 3.03. The smallest absolute Gasteiger partial charge is 0.270 e. The molecule has 0 atom stereocenters. The van der Waals surface area contributed by atoms with Gasteiger partial charge in [0, 0.05) is 64.8 Å². The Labute approximate surface area is 204 Å². The molecule has 35 heavy (non-hydrogen) atoms. The average molecular weight is 478 g/mol. The highest BCUT2D eigenvalue weighted by Crippen LogP contribution is 2.16. The molecule has 0 N–H and O–H groups in total. The third-order valence-electron chi connectivity index (χ3n) is 6.59. The van der Waals surface area contributed by atoms with E-state index in [-0.39, 0.29) is 17.0 Å². The van der Waals surface area contributed by atoms with Gasteiger partial charge < -0.3 is 14.4 Å². The highest BCUT2D eigenvalue weighted by Gasteiger charge is 2.24. The molecule has 4 heterocycles. The quantitative estimate of drug-likeness (QED) is 0.509. The van der Waals surface area contributed by atoms with E-state index in [4.69, 9.17) is 9.47 Å². The average Bonchev–Trinajstić information content (AvgIpc) is 2.90. The lowest BCUT2D eigenvalue weighted by Crippen LogP contribution is -2.50. The zero-order valence-electron chi connectivity index (χ0n) is 19.8. The number of carbonyl (C=O) groups excluding carboxylic acids is 1. The molecule has 2 aliphatic rings. The van der Waals surface area contributed by atoms with Crippen molar-refractivity contribution in [3.05, 3.63) is 76.3 Å². The van der Waals surface area contributed by atoms with E-state index < -0.39 is 0 Å². The van der Waals surface area contributed by atoms with Crippen LogP contribution in [0, 0.1) is 0 Å². The Kier molecular flexibility index (Phi) is 7.37. The number of morpholine rings is 1. The van der Waals surface area contributed by atoms with E-state index in [9.17, 15) is 9.59 Å². The van der Waals surface area contributed by atoms with E-state index in [1.54, 1.807) is 23.2 Å². The molecular formula is C26H31N5O4. The summed E-state index contributed by atoms with van der Waals surface area (Å²) in [5.74, 6) is 0.627. The van der Waals surface area contributed by atoms with Crippen LogP contribution >= 0.6 is 0 Å². The number of aromatic nitrogens is 2. The molecule has 3 aromatic rings. The highest BCUT2D eigenvalue weighted by molar-refractivity contribution is 5.93. The number of nitrogens with zero attached hydrogens (tertiary/aromatic N) is 5. The zero-order chi connectivity index (χ0) is 24.0. The molecule has 0 saturated carbocycles. The van der Waals surface area contributed by atoms with Crippen molar-refractivity contribution in [1.82, 2.24) is 24.1 Å². The summed E-state index contributed by atoms with van der Waals surface area (Å²) in [6.45, 7) is 8.44. The van der Waals surface area contributed by atoms with E-state index in [0.717, 1.165) is 58.2 Å². The van der Waals surface area contributed by atoms with Gasteiger partial charge in [-0.1, -0.05) is 18.2 Å². The Balaban J connectivity index is 1.09. The van der Waals surface area contributed by atoms with Gasteiger partial charge in [-0.05, 0) is 29.8 Å². The van der Waals surface area contributed by atoms with Gasteiger partial charge >= 0.3 is 0 Å². The first-order valence-electron chi connectivity index (χ1n) is 12.2. The van der Waals surface area contributed by atoms with Gasteiger partial charge in [0.15, 0.2) is 0 Å². The van der Waals surface area contributed by atoms with E-state index in [1.165, 1.54) is 16.2 Å². The molecule has 0 spiro atoms. The molecule has 1 aromatic carbocycles. The maximum atomic E-state index is 13.0. The lowest BCUT2D eigenvalue weighted by Gasteiger charge is -2.34. The number of ether oxygens (including phenoxy) is 2. The van der Waals surface area contributed by atoms with Crippen LogP contribution in [0.15, 0.2) is 59.7 Å². The van der Waals surface area contributed by atoms with Crippen LogP contribution in [0.5, 0.6) is 5.75 Å². The van der Waals surface area contributed by atoms with Gasteiger partial charge in [0.2, 0.25) is 0 Å². The molecule has 2 aromatic heterocycles. The predicted molar refractivity (Wildman–Crippen MR) is 132 cm³/mol. The van der Waals surface area contributed by atoms with Crippen molar-refractivity contribution in [2.45, 2.75) is 6.54 Å². The van der Waals surface area contributed by atoms with Crippen molar-refractivity contribution in [2.75, 3.05) is 65.6 Å². The maximum Gasteiger partial charge on any atom is 0.270 e. The molecule has 184 valence electrons. The number of fused-ring (bicyclic) bond motifs is 1. The minimum absolute atomic E-state index is 0.113. The molecule has 9 nitrogen and oxygen atoms in total. The molecule has 2 aliphatic heterocycles. The fourth-order valence-corrected chi connectivity index (χ4v) is 4.56. The first-order valence-corrected chi connectivity index (χ1v) is 12.2. The van der Waals surface area contributed by atoms with E-state index >= 15 is 0 Å². The zero-order valence-corrected chi connectivity index (χ0v) is 19.8. The predicted octanol–water partition coefficient (Wildman–Crippen LogP) is 1.36. The lowest BCUT2D eigenvalue weighted by atomic mass is 10.2. The molecule has 0 aliphatic carbocycles. The minimum atomic E-state index is -0.327. The maximum absolute atomic E-state index is 13.0. The van der Waals surface area contributed by atoms with Crippen molar-refractivity contribution in [3.63, 3.8) is 0 Å². The fourth-order valence-electron chi connectivity index (χ4n) is 4.56. The summed E-state index contributed by atoms with van der Waals surface area (Å²) in [5.41, 5.74) is 1.57. The van der Waals surface area contributed by atoms with Crippen LogP contribution in [0.4, 0.5) is 0 Å². The SMILES string of the molecule is O=C(c1cnc2ccccn2c1=O)N1CCN(CCOc2cccc(CN3CCOCC3)c2)CC1. The summed E-state index contributed by atoms with van der Waals surface area (Å²) in [7, 11) is 0. The van der Waals surface area contributed by atoms with Crippen molar-refractivity contribution in [3.8, 4) is 5.75 Å². The number of carbonyl (C=O) groups is 1. The summed E-state index contributed by atoms with van der Waals surface area (Å²) in [5, 5.41) is 0. The van der Waals surface area contributed by atoms with Crippen LogP contribution in [0.3, 0.4) is 0 Å². The number of amides is 1. The first kappa shape index (κ1) is 23.5. The fraction of sp³-hybridized carbons (Fsp3) is 0.423. The van der Waals surface area contributed by atoms with Crippen molar-refractivity contribution in [1.29, 1.82) is 0 Å². The molecule has 0 unspecified atom stereocenters. The number of pyridine rings is 1. The van der Waals surface area contributed by atoms with Crippen LogP contribution in [0.1, 0.15) is 15.9 Å². The second-order valence-corrected chi connectivity index (χ2v) is 8.92. The Hall–Kier alpha value is -3.27. The minimum Gasteiger partial charge on any atom is -0.492 e. The molecule has 9 heteroatoms. The van der Waals surface area contributed by atoms with Gasteiger partial charge in [0.05, 0.1) is 13.2 Å². The van der Waals surface area contributed by atoms with Crippen LogP contribution < -0.4 is 10.3 Å². The van der Waals surface area contributed by atoms with Gasteiger partial charge in [0.1, 0.15) is 23.6 Å². The van der Waals surface area contributed by atoms with Crippen molar-refractivity contribution >= 4 is 11.6 Å². The van der Waals surface area contributed by atoms with Crippen LogP contribution in [0.25, 0.3) is 5.65 Å². The Bertz CT molecular complexity index is 1220. The topological polar surface area (TPSA) is 79.6 Å². The molecular weight excluding hydrogens is 446 g/mol. The van der Waals surface area contributed by atoms with Crippen LogP contribution in [-0.2, 0) is 11.3 Å². The number of piperazine rings is 1. The van der Waals surface area contributed by atoms with E-state index in [1.807, 2.05) is 18.2 Å². The number of rotatable bonds is 7. The third-order valence-corrected chi connectivity index (χ3v) is 6.59. The normalized spacial score (nSPS) is 17.5. The van der Waals surface area contributed by atoms with Crippen LogP contribution in [-0.4, -0.2) is 95.6 Å². The molecule has 5 rings (SSSR count). The van der Waals surface area contributed by atoms with Crippen LogP contribution in [0.2, 0.25) is 0 Å². The summed E-state index contributed by atoms with van der Waals surface area (Å²) in [6, 6.07) is 13.6. The van der Waals surface area contributed by atoms with Gasteiger partial charge in [-0.15, -0.1) is 0 Å². The lowest BCUT2D eigenvalue weighted by molar-refractivity contribution is 0.0341. The van der Waals surface area contributed by atoms with Crippen molar-refractivity contribution < 1.29 is 14.3 Å². The molecule has 0 radical (unpaired) electrons. The van der Waals surface area contributed by atoms with E-state index in [0.29, 0.717) is 25.3 Å². The van der Waals surface area contributed by atoms with Crippen molar-refractivity contribution in [2.24, 2.45) is 0 Å².